The number of ether oxygens (including phenoxy) is 1. The third-order valence-corrected chi connectivity index (χ3v) is 3.58. The first kappa shape index (κ1) is 12.3. The molecule has 0 N–H and O–H groups in total. The molecule has 0 bridgehead atoms. The van der Waals surface area contributed by atoms with Crippen molar-refractivity contribution >= 4 is 16.7 Å². The van der Waals surface area contributed by atoms with E-state index in [4.69, 9.17) is 4.74 Å². The summed E-state index contributed by atoms with van der Waals surface area (Å²) in [6.45, 7) is 1.59. The fourth-order valence-corrected chi connectivity index (χ4v) is 2.72. The molecule has 1 aliphatic heterocycles. The van der Waals surface area contributed by atoms with E-state index in [-0.39, 0.29) is 5.82 Å². The zero-order chi connectivity index (χ0) is 13.2. The highest BCUT2D eigenvalue weighted by atomic mass is 19.1. The monoisotopic (exact) mass is 261 g/mol. The standard InChI is InChI=1S/C14H16FN3O/c1-19-8-11-3-2-6-18(11)14-12-7-10(15)4-5-13(12)16-9-17-14/h4-5,7,9,11H,2-3,6,8H2,1H3. The van der Waals surface area contributed by atoms with Gasteiger partial charge in [0.2, 0.25) is 0 Å². The maximum atomic E-state index is 13.5. The average molecular weight is 261 g/mol. The zero-order valence-corrected chi connectivity index (χ0v) is 10.8. The number of benzene rings is 1. The van der Waals surface area contributed by atoms with Crippen LogP contribution in [0, 0.1) is 5.82 Å². The smallest absolute Gasteiger partial charge is 0.140 e. The van der Waals surface area contributed by atoms with Crippen LogP contribution in [0.25, 0.3) is 10.9 Å². The van der Waals surface area contributed by atoms with Crippen LogP contribution in [0.2, 0.25) is 0 Å². The van der Waals surface area contributed by atoms with Crippen molar-refractivity contribution < 1.29 is 9.13 Å². The van der Waals surface area contributed by atoms with E-state index >= 15 is 0 Å². The van der Waals surface area contributed by atoms with Crippen molar-refractivity contribution in [3.63, 3.8) is 0 Å². The highest BCUT2D eigenvalue weighted by Gasteiger charge is 2.26. The van der Waals surface area contributed by atoms with Crippen molar-refractivity contribution in [2.75, 3.05) is 25.2 Å². The van der Waals surface area contributed by atoms with Gasteiger partial charge in [-0.25, -0.2) is 14.4 Å². The Kier molecular flexibility index (Phi) is 3.29. The quantitative estimate of drug-likeness (QED) is 0.850. The number of nitrogens with zero attached hydrogens (tertiary/aromatic N) is 3. The summed E-state index contributed by atoms with van der Waals surface area (Å²) in [7, 11) is 1.70. The molecule has 0 amide bonds. The second kappa shape index (κ2) is 5.09. The molecule has 100 valence electrons. The number of anilines is 1. The van der Waals surface area contributed by atoms with Crippen LogP contribution in [0.3, 0.4) is 0 Å². The van der Waals surface area contributed by atoms with Crippen LogP contribution < -0.4 is 4.90 Å². The van der Waals surface area contributed by atoms with E-state index in [0.717, 1.165) is 36.1 Å². The van der Waals surface area contributed by atoms with Gasteiger partial charge >= 0.3 is 0 Å². The Labute approximate surface area is 111 Å². The lowest BCUT2D eigenvalue weighted by Crippen LogP contribution is -2.33. The van der Waals surface area contributed by atoms with Crippen molar-refractivity contribution in [1.29, 1.82) is 0 Å². The molecule has 1 aromatic carbocycles. The minimum absolute atomic E-state index is 0.258. The van der Waals surface area contributed by atoms with Gasteiger partial charge in [0.05, 0.1) is 18.2 Å². The Morgan fingerprint density at radius 3 is 3.16 bits per heavy atom. The molecule has 1 unspecified atom stereocenters. The first-order valence-corrected chi connectivity index (χ1v) is 6.45. The van der Waals surface area contributed by atoms with Crippen LogP contribution in [-0.4, -0.2) is 36.3 Å². The van der Waals surface area contributed by atoms with Crippen LogP contribution in [-0.2, 0) is 4.74 Å². The van der Waals surface area contributed by atoms with Gasteiger partial charge in [0.25, 0.3) is 0 Å². The van der Waals surface area contributed by atoms with E-state index in [1.807, 2.05) is 0 Å². The maximum absolute atomic E-state index is 13.5. The minimum atomic E-state index is -0.258. The van der Waals surface area contributed by atoms with Gasteiger partial charge in [-0.2, -0.15) is 0 Å². The molecule has 1 aliphatic rings. The van der Waals surface area contributed by atoms with E-state index < -0.39 is 0 Å². The lowest BCUT2D eigenvalue weighted by Gasteiger charge is -2.26. The third kappa shape index (κ3) is 2.26. The number of hydrogen-bond acceptors (Lipinski definition) is 4. The van der Waals surface area contributed by atoms with Crippen LogP contribution in [0.4, 0.5) is 10.2 Å². The van der Waals surface area contributed by atoms with Gasteiger partial charge in [0, 0.05) is 19.0 Å². The number of rotatable bonds is 3. The molecular formula is C14H16FN3O. The van der Waals surface area contributed by atoms with E-state index in [1.165, 1.54) is 18.5 Å². The van der Waals surface area contributed by atoms with Crippen molar-refractivity contribution in [1.82, 2.24) is 9.97 Å². The van der Waals surface area contributed by atoms with Gasteiger partial charge in [-0.05, 0) is 31.0 Å². The number of aromatic nitrogens is 2. The molecule has 5 heteroatoms. The second-order valence-electron chi connectivity index (χ2n) is 4.80. The summed E-state index contributed by atoms with van der Waals surface area (Å²) in [5, 5.41) is 0.769. The molecule has 0 radical (unpaired) electrons. The van der Waals surface area contributed by atoms with Crippen LogP contribution in [0.1, 0.15) is 12.8 Å². The molecule has 19 heavy (non-hydrogen) atoms. The second-order valence-corrected chi connectivity index (χ2v) is 4.80. The van der Waals surface area contributed by atoms with Gasteiger partial charge in [-0.1, -0.05) is 0 Å². The summed E-state index contributed by atoms with van der Waals surface area (Å²) < 4.78 is 18.7. The summed E-state index contributed by atoms with van der Waals surface area (Å²) in [4.78, 5) is 10.7. The van der Waals surface area contributed by atoms with Crippen molar-refractivity contribution in [2.24, 2.45) is 0 Å². The highest BCUT2D eigenvalue weighted by Crippen LogP contribution is 2.29. The van der Waals surface area contributed by atoms with Gasteiger partial charge in [-0.15, -0.1) is 0 Å². The molecule has 3 rings (SSSR count). The number of methoxy groups -OCH3 is 1. The van der Waals surface area contributed by atoms with Crippen LogP contribution in [0.5, 0.6) is 0 Å². The molecule has 0 spiro atoms. The van der Waals surface area contributed by atoms with Gasteiger partial charge in [0.1, 0.15) is 18.0 Å². The van der Waals surface area contributed by atoms with E-state index in [0.29, 0.717) is 12.6 Å². The largest absolute Gasteiger partial charge is 0.383 e. The molecular weight excluding hydrogens is 245 g/mol. The molecule has 0 aliphatic carbocycles. The summed E-state index contributed by atoms with van der Waals surface area (Å²) >= 11 is 0. The Morgan fingerprint density at radius 2 is 2.32 bits per heavy atom. The first-order chi connectivity index (χ1) is 9.29. The normalized spacial score (nSPS) is 19.3. The van der Waals surface area contributed by atoms with E-state index in [1.54, 1.807) is 13.2 Å². The fourth-order valence-electron chi connectivity index (χ4n) is 2.72. The number of hydrogen-bond donors (Lipinski definition) is 0. The predicted molar refractivity (Wildman–Crippen MR) is 71.7 cm³/mol. The fraction of sp³-hybridized carbons (Fsp3) is 0.429. The molecule has 1 saturated heterocycles. The molecule has 2 heterocycles. The van der Waals surface area contributed by atoms with Crippen molar-refractivity contribution in [2.45, 2.75) is 18.9 Å². The summed E-state index contributed by atoms with van der Waals surface area (Å²) in [6, 6.07) is 4.94. The molecule has 4 nitrogen and oxygen atoms in total. The lowest BCUT2D eigenvalue weighted by atomic mass is 10.2. The highest BCUT2D eigenvalue weighted by molar-refractivity contribution is 5.89. The van der Waals surface area contributed by atoms with Gasteiger partial charge in [-0.3, -0.25) is 0 Å². The maximum Gasteiger partial charge on any atom is 0.140 e. The van der Waals surface area contributed by atoms with Crippen molar-refractivity contribution in [3.05, 3.63) is 30.3 Å². The van der Waals surface area contributed by atoms with E-state index in [2.05, 4.69) is 14.9 Å². The molecule has 1 fully saturated rings. The third-order valence-electron chi connectivity index (χ3n) is 3.58. The topological polar surface area (TPSA) is 38.2 Å². The Balaban J connectivity index is 2.06. The molecule has 0 saturated carbocycles. The number of halogens is 1. The summed E-state index contributed by atoms with van der Waals surface area (Å²) in [5.74, 6) is 0.551. The molecule has 2 aromatic rings. The zero-order valence-electron chi connectivity index (χ0n) is 10.8. The lowest BCUT2D eigenvalue weighted by molar-refractivity contribution is 0.180. The number of fused-ring (bicyclic) bond motifs is 1. The first-order valence-electron chi connectivity index (χ1n) is 6.45. The van der Waals surface area contributed by atoms with Gasteiger partial charge in [0.15, 0.2) is 0 Å². The Morgan fingerprint density at radius 1 is 1.42 bits per heavy atom. The van der Waals surface area contributed by atoms with Crippen LogP contribution >= 0.6 is 0 Å². The predicted octanol–water partition coefficient (Wildman–Crippen LogP) is 2.38. The summed E-state index contributed by atoms with van der Waals surface area (Å²) in [6.07, 6.45) is 3.72. The van der Waals surface area contributed by atoms with Gasteiger partial charge < -0.3 is 9.64 Å². The Bertz CT molecular complexity index is 590. The summed E-state index contributed by atoms with van der Waals surface area (Å²) in [5.41, 5.74) is 0.773. The molecule has 1 atom stereocenters. The minimum Gasteiger partial charge on any atom is -0.383 e. The van der Waals surface area contributed by atoms with Crippen LogP contribution in [0.15, 0.2) is 24.5 Å². The van der Waals surface area contributed by atoms with E-state index in [9.17, 15) is 4.39 Å². The molecule has 1 aromatic heterocycles. The Hall–Kier alpha value is -1.75. The SMILES string of the molecule is COCC1CCCN1c1ncnc2ccc(F)cc12. The average Bonchev–Trinajstić information content (AvgIpc) is 2.86. The van der Waals surface area contributed by atoms with Crippen molar-refractivity contribution in [3.8, 4) is 0 Å².